The Balaban J connectivity index is 4.43. The van der Waals surface area contributed by atoms with Crippen LogP contribution in [0, 0.1) is 0 Å². The fraction of sp³-hybridized carbons (Fsp3) is 1.00. The summed E-state index contributed by atoms with van der Waals surface area (Å²) >= 11 is 0. The minimum Gasteiger partial charge on any atom is -0.250 e. The molecule has 2 nitrogen and oxygen atoms in total. The van der Waals surface area contributed by atoms with Gasteiger partial charge in [-0.2, -0.15) is 5.01 Å². The van der Waals surface area contributed by atoms with Crippen LogP contribution in [0.4, 0.5) is 0 Å². The molecule has 0 unspecified atom stereocenters. The van der Waals surface area contributed by atoms with E-state index in [9.17, 15) is 0 Å². The highest BCUT2D eigenvalue weighted by atomic mass is 15.7. The van der Waals surface area contributed by atoms with Crippen molar-refractivity contribution in [3.63, 3.8) is 0 Å². The topological polar surface area (TPSA) is 3.24 Å². The molecule has 0 aliphatic rings. The van der Waals surface area contributed by atoms with E-state index in [0.717, 1.165) is 11.1 Å². The average molecular weight is 159 g/mol. The van der Waals surface area contributed by atoms with Crippen LogP contribution in [-0.2, 0) is 0 Å². The Morgan fingerprint density at radius 3 is 1.45 bits per heavy atom. The first-order valence-corrected chi connectivity index (χ1v) is 4.29. The molecule has 11 heavy (non-hydrogen) atoms. The summed E-state index contributed by atoms with van der Waals surface area (Å²) in [6.07, 6.45) is 0. The summed E-state index contributed by atoms with van der Waals surface area (Å²) < 4.78 is 0.903. The summed E-state index contributed by atoms with van der Waals surface area (Å²) in [6.45, 7) is 10.0. The van der Waals surface area contributed by atoms with Crippen LogP contribution in [0.25, 0.3) is 0 Å². The lowest BCUT2D eigenvalue weighted by Crippen LogP contribution is -2.59. The van der Waals surface area contributed by atoms with Crippen LogP contribution in [0.3, 0.4) is 0 Å². The maximum absolute atomic E-state index is 2.44. The van der Waals surface area contributed by atoms with Gasteiger partial charge in [-0.25, -0.2) is 0 Å². The highest BCUT2D eigenvalue weighted by Crippen LogP contribution is 2.17. The van der Waals surface area contributed by atoms with Crippen molar-refractivity contribution in [2.75, 3.05) is 27.7 Å². The van der Waals surface area contributed by atoms with Crippen molar-refractivity contribution >= 4 is 0 Å². The molecule has 2 heteroatoms. The second-order valence-electron chi connectivity index (χ2n) is 4.83. The van der Waals surface area contributed by atoms with Crippen LogP contribution in [0.2, 0.25) is 0 Å². The molecule has 0 radical (unpaired) electrons. The first-order valence-electron chi connectivity index (χ1n) is 4.29. The molecule has 0 aromatic heterocycles. The second kappa shape index (κ2) is 3.11. The van der Waals surface area contributed by atoms with E-state index in [2.05, 4.69) is 53.8 Å². The van der Waals surface area contributed by atoms with Gasteiger partial charge in [0, 0.05) is 6.54 Å². The molecule has 0 aromatic carbocycles. The van der Waals surface area contributed by atoms with E-state index in [4.69, 9.17) is 0 Å². The second-order valence-corrected chi connectivity index (χ2v) is 4.83. The Hall–Kier alpha value is -0.0800. The summed E-state index contributed by atoms with van der Waals surface area (Å²) in [7, 11) is 6.61. The van der Waals surface area contributed by atoms with Crippen LogP contribution in [-0.4, -0.2) is 42.8 Å². The number of rotatable bonds is 2. The van der Waals surface area contributed by atoms with Crippen molar-refractivity contribution in [1.29, 1.82) is 0 Å². The van der Waals surface area contributed by atoms with Gasteiger partial charge in [-0.05, 0) is 27.7 Å². The first kappa shape index (κ1) is 10.9. The van der Waals surface area contributed by atoms with Crippen LogP contribution >= 0.6 is 0 Å². The van der Waals surface area contributed by atoms with E-state index >= 15 is 0 Å². The third-order valence-corrected chi connectivity index (χ3v) is 1.80. The Bertz CT molecular complexity index is 103. The molecule has 0 aromatic rings. The first-order chi connectivity index (χ1) is 4.69. The van der Waals surface area contributed by atoms with Crippen molar-refractivity contribution in [2.24, 2.45) is 0 Å². The summed E-state index contributed by atoms with van der Waals surface area (Å²) in [5.74, 6) is 0. The minimum atomic E-state index is 0.257. The Kier molecular flexibility index (Phi) is 3.09. The van der Waals surface area contributed by atoms with E-state index in [0.29, 0.717) is 0 Å². The zero-order chi connectivity index (χ0) is 9.28. The van der Waals surface area contributed by atoms with Crippen LogP contribution in [0.15, 0.2) is 0 Å². The van der Waals surface area contributed by atoms with Gasteiger partial charge in [0.05, 0.1) is 26.7 Å². The van der Waals surface area contributed by atoms with Gasteiger partial charge in [-0.15, -0.1) is 0 Å². The van der Waals surface area contributed by atoms with Crippen molar-refractivity contribution in [3.05, 3.63) is 0 Å². The highest BCUT2D eigenvalue weighted by molar-refractivity contribution is 4.68. The van der Waals surface area contributed by atoms with Crippen molar-refractivity contribution in [2.45, 2.75) is 33.2 Å². The van der Waals surface area contributed by atoms with Crippen molar-refractivity contribution in [1.82, 2.24) is 5.01 Å². The molecule has 0 amide bonds. The van der Waals surface area contributed by atoms with Gasteiger partial charge in [0.1, 0.15) is 0 Å². The van der Waals surface area contributed by atoms with Gasteiger partial charge in [0.2, 0.25) is 0 Å². The smallest absolute Gasteiger partial charge is 0.0855 e. The molecular formula is C9H23N2+. The molecule has 0 N–H and O–H groups in total. The van der Waals surface area contributed by atoms with Crippen LogP contribution < -0.4 is 0 Å². The Morgan fingerprint density at radius 2 is 1.45 bits per heavy atom. The van der Waals surface area contributed by atoms with Gasteiger partial charge in [0.25, 0.3) is 0 Å². The average Bonchev–Trinajstić information content (AvgIpc) is 1.56. The molecular weight excluding hydrogens is 136 g/mol. The Morgan fingerprint density at radius 1 is 1.09 bits per heavy atom. The molecule has 0 saturated heterocycles. The number of hydrogen-bond donors (Lipinski definition) is 0. The molecule has 0 saturated carbocycles. The number of hydrogen-bond acceptors (Lipinski definition) is 1. The van der Waals surface area contributed by atoms with E-state index in [-0.39, 0.29) is 5.54 Å². The standard InChI is InChI=1S/C9H23N2/c1-8-10(9(2,3)4)11(5,6)7/h8H2,1-7H3/q+1. The zero-order valence-electron chi connectivity index (χ0n) is 9.10. The summed E-state index contributed by atoms with van der Waals surface area (Å²) in [5, 5.41) is 2.44. The molecule has 0 aliphatic carbocycles. The lowest BCUT2D eigenvalue weighted by atomic mass is 10.1. The van der Waals surface area contributed by atoms with E-state index in [1.807, 2.05) is 0 Å². The summed E-state index contributed by atoms with van der Waals surface area (Å²) in [5.41, 5.74) is 0.257. The van der Waals surface area contributed by atoms with Gasteiger partial charge < -0.3 is 0 Å². The molecule has 0 bridgehead atoms. The van der Waals surface area contributed by atoms with E-state index < -0.39 is 0 Å². The van der Waals surface area contributed by atoms with Crippen molar-refractivity contribution < 1.29 is 4.59 Å². The molecule has 0 atom stereocenters. The predicted molar refractivity (Wildman–Crippen MR) is 50.2 cm³/mol. The van der Waals surface area contributed by atoms with Gasteiger partial charge >= 0.3 is 0 Å². The molecule has 0 aliphatic heterocycles. The molecule has 0 fully saturated rings. The van der Waals surface area contributed by atoms with Gasteiger partial charge in [-0.3, -0.25) is 4.59 Å². The predicted octanol–water partition coefficient (Wildman–Crippen LogP) is 1.73. The van der Waals surface area contributed by atoms with E-state index in [1.54, 1.807) is 0 Å². The summed E-state index contributed by atoms with van der Waals surface area (Å²) in [6, 6.07) is 0. The lowest BCUT2D eigenvalue weighted by molar-refractivity contribution is -0.994. The monoisotopic (exact) mass is 159 g/mol. The molecule has 68 valence electrons. The Labute approximate surface area is 71.4 Å². The zero-order valence-corrected chi connectivity index (χ0v) is 9.10. The van der Waals surface area contributed by atoms with Crippen molar-refractivity contribution in [3.8, 4) is 0 Å². The molecule has 0 heterocycles. The van der Waals surface area contributed by atoms with Gasteiger partial charge in [0.15, 0.2) is 0 Å². The van der Waals surface area contributed by atoms with Crippen LogP contribution in [0.5, 0.6) is 0 Å². The number of nitrogens with zero attached hydrogens (tertiary/aromatic N) is 2. The quantitative estimate of drug-likeness (QED) is 0.438. The minimum absolute atomic E-state index is 0.257. The number of quaternary nitrogens is 1. The fourth-order valence-corrected chi connectivity index (χ4v) is 1.80. The van der Waals surface area contributed by atoms with Crippen LogP contribution in [0.1, 0.15) is 27.7 Å². The normalized spacial score (nSPS) is 14.2. The highest BCUT2D eigenvalue weighted by Gasteiger charge is 2.30. The largest absolute Gasteiger partial charge is 0.250 e. The maximum atomic E-state index is 2.44. The maximum Gasteiger partial charge on any atom is 0.0855 e. The third kappa shape index (κ3) is 3.21. The SMILES string of the molecule is CCN(C(C)(C)C)[N+](C)(C)C. The summed E-state index contributed by atoms with van der Waals surface area (Å²) in [4.78, 5) is 0. The van der Waals surface area contributed by atoms with Gasteiger partial charge in [-0.1, -0.05) is 0 Å². The fourth-order valence-electron chi connectivity index (χ4n) is 1.80. The molecule has 0 spiro atoms. The lowest BCUT2D eigenvalue weighted by Gasteiger charge is -2.44. The molecule has 0 rings (SSSR count). The third-order valence-electron chi connectivity index (χ3n) is 1.80. The van der Waals surface area contributed by atoms with E-state index in [1.165, 1.54) is 0 Å².